The van der Waals surface area contributed by atoms with E-state index in [0.29, 0.717) is 13.0 Å². The SMILES string of the molecule is C[C@@H]1[C@@H](c2ccccc2)OC(=O)[C@@H]2[C@@H]3C=C[C@]4(O3)[C@H](C(=O)N(Cc3ccccc3)C/C=C\CCC(=O)N1C)N(CCCO)C(=O)[C@@H]24. The highest BCUT2D eigenvalue weighted by molar-refractivity contribution is 5.99. The molecule has 6 rings (SSSR count). The van der Waals surface area contributed by atoms with E-state index in [1.807, 2.05) is 79.7 Å². The highest BCUT2D eigenvalue weighted by Crippen LogP contribution is 2.56. The zero-order valence-electron chi connectivity index (χ0n) is 26.2. The average molecular weight is 628 g/mol. The van der Waals surface area contributed by atoms with E-state index in [1.54, 1.807) is 29.0 Å². The number of rotatable bonds is 6. The van der Waals surface area contributed by atoms with Crippen LogP contribution in [0, 0.1) is 11.8 Å². The molecule has 2 saturated heterocycles. The molecular weight excluding hydrogens is 586 g/mol. The summed E-state index contributed by atoms with van der Waals surface area (Å²) < 4.78 is 12.8. The molecular formula is C36H41N3O7. The maximum atomic E-state index is 14.6. The number of aliphatic hydroxyl groups excluding tert-OH is 1. The van der Waals surface area contributed by atoms with E-state index < -0.39 is 47.7 Å². The van der Waals surface area contributed by atoms with Crippen molar-refractivity contribution in [3.63, 3.8) is 0 Å². The van der Waals surface area contributed by atoms with E-state index in [9.17, 15) is 24.3 Å². The first-order valence-corrected chi connectivity index (χ1v) is 16.0. The molecule has 2 aromatic carbocycles. The van der Waals surface area contributed by atoms with Crippen molar-refractivity contribution >= 4 is 23.7 Å². The van der Waals surface area contributed by atoms with Gasteiger partial charge in [0.15, 0.2) is 0 Å². The third-order valence-corrected chi connectivity index (χ3v) is 9.80. The van der Waals surface area contributed by atoms with Crippen LogP contribution in [-0.4, -0.2) is 94.0 Å². The number of likely N-dealkylation sites (N-methyl/N-ethyl adjacent to an activating group) is 1. The summed E-state index contributed by atoms with van der Waals surface area (Å²) in [4.78, 5) is 61.2. The number of benzene rings is 2. The lowest BCUT2D eigenvalue weighted by Crippen LogP contribution is -2.55. The van der Waals surface area contributed by atoms with Gasteiger partial charge in [0, 0.05) is 39.7 Å². The van der Waals surface area contributed by atoms with Gasteiger partial charge in [0.2, 0.25) is 17.7 Å². The first-order chi connectivity index (χ1) is 22.3. The number of ether oxygens (including phenoxy) is 2. The van der Waals surface area contributed by atoms with Crippen LogP contribution in [0.1, 0.15) is 43.4 Å². The lowest BCUT2D eigenvalue weighted by Gasteiger charge is -2.36. The molecule has 0 saturated carbocycles. The van der Waals surface area contributed by atoms with Crippen LogP contribution in [-0.2, 0) is 35.2 Å². The molecule has 2 fully saturated rings. The monoisotopic (exact) mass is 627 g/mol. The summed E-state index contributed by atoms with van der Waals surface area (Å²) >= 11 is 0. The molecule has 0 aliphatic carbocycles. The number of hydrogen-bond acceptors (Lipinski definition) is 7. The molecule has 10 nitrogen and oxygen atoms in total. The second-order valence-corrected chi connectivity index (χ2v) is 12.5. The normalized spacial score (nSPS) is 32.2. The highest BCUT2D eigenvalue weighted by atomic mass is 16.6. The third kappa shape index (κ3) is 5.64. The van der Waals surface area contributed by atoms with Gasteiger partial charge < -0.3 is 29.3 Å². The number of allylic oxidation sites excluding steroid dienone is 1. The largest absolute Gasteiger partial charge is 0.455 e. The number of esters is 1. The third-order valence-electron chi connectivity index (χ3n) is 9.80. The van der Waals surface area contributed by atoms with Crippen molar-refractivity contribution in [2.45, 2.75) is 62.6 Å². The number of carbonyl (C=O) groups excluding carboxylic acids is 4. The van der Waals surface area contributed by atoms with E-state index in [0.717, 1.165) is 11.1 Å². The van der Waals surface area contributed by atoms with Crippen molar-refractivity contribution in [1.82, 2.24) is 14.7 Å². The fourth-order valence-corrected chi connectivity index (χ4v) is 7.33. The Morgan fingerprint density at radius 2 is 1.67 bits per heavy atom. The molecule has 4 aliphatic heterocycles. The predicted molar refractivity (Wildman–Crippen MR) is 169 cm³/mol. The van der Waals surface area contributed by atoms with Gasteiger partial charge in [-0.05, 0) is 30.9 Å². The van der Waals surface area contributed by atoms with Crippen LogP contribution in [0.15, 0.2) is 85.0 Å². The van der Waals surface area contributed by atoms with Crippen LogP contribution in [0.4, 0.5) is 0 Å². The first-order valence-electron chi connectivity index (χ1n) is 16.0. The minimum atomic E-state index is -1.36. The molecule has 1 spiro atoms. The van der Waals surface area contributed by atoms with Crippen LogP contribution < -0.4 is 0 Å². The van der Waals surface area contributed by atoms with Crippen LogP contribution >= 0.6 is 0 Å². The van der Waals surface area contributed by atoms with E-state index >= 15 is 0 Å². The lowest BCUT2D eigenvalue weighted by atomic mass is 9.74. The van der Waals surface area contributed by atoms with Gasteiger partial charge in [0.1, 0.15) is 23.7 Å². The number of likely N-dealkylation sites (tertiary alicyclic amines) is 1. The first kappa shape index (κ1) is 31.7. The van der Waals surface area contributed by atoms with Crippen molar-refractivity contribution in [1.29, 1.82) is 0 Å². The Labute approximate surface area is 269 Å². The summed E-state index contributed by atoms with van der Waals surface area (Å²) in [5.74, 6) is -3.35. The predicted octanol–water partition coefficient (Wildman–Crippen LogP) is 3.03. The fraction of sp³-hybridized carbons (Fsp3) is 0.444. The second kappa shape index (κ2) is 13.2. The van der Waals surface area contributed by atoms with Crippen LogP contribution in [0.5, 0.6) is 0 Å². The molecule has 0 aromatic heterocycles. The molecule has 1 N–H and O–H groups in total. The average Bonchev–Trinajstić information content (AvgIpc) is 3.72. The van der Waals surface area contributed by atoms with E-state index in [-0.39, 0.29) is 50.3 Å². The Kier molecular flexibility index (Phi) is 9.11. The molecule has 2 aromatic rings. The zero-order valence-corrected chi connectivity index (χ0v) is 26.2. The number of aliphatic hydroxyl groups is 1. The van der Waals surface area contributed by atoms with Gasteiger partial charge in [0.05, 0.1) is 18.1 Å². The van der Waals surface area contributed by atoms with Crippen LogP contribution in [0.3, 0.4) is 0 Å². The fourth-order valence-electron chi connectivity index (χ4n) is 7.33. The van der Waals surface area contributed by atoms with E-state index in [4.69, 9.17) is 9.47 Å². The van der Waals surface area contributed by atoms with Gasteiger partial charge in [-0.25, -0.2) is 0 Å². The summed E-state index contributed by atoms with van der Waals surface area (Å²) in [7, 11) is 1.71. The molecule has 242 valence electrons. The summed E-state index contributed by atoms with van der Waals surface area (Å²) in [6.45, 7) is 2.37. The molecule has 4 heterocycles. The molecule has 0 radical (unpaired) electrons. The van der Waals surface area contributed by atoms with Crippen molar-refractivity contribution in [2.75, 3.05) is 26.7 Å². The van der Waals surface area contributed by atoms with Gasteiger partial charge in [-0.15, -0.1) is 0 Å². The molecule has 7 atom stereocenters. The van der Waals surface area contributed by atoms with Crippen LogP contribution in [0.25, 0.3) is 0 Å². The number of amides is 3. The Hall–Kier alpha value is -4.28. The smallest absolute Gasteiger partial charge is 0.313 e. The van der Waals surface area contributed by atoms with Crippen molar-refractivity contribution < 1.29 is 33.8 Å². The molecule has 4 aliphatic rings. The van der Waals surface area contributed by atoms with Gasteiger partial charge in [-0.1, -0.05) is 85.0 Å². The van der Waals surface area contributed by atoms with Crippen molar-refractivity contribution in [3.05, 3.63) is 96.1 Å². The number of fused-ring (bicyclic) bond motifs is 2. The van der Waals surface area contributed by atoms with Gasteiger partial charge in [-0.2, -0.15) is 0 Å². The standard InChI is InChI=1S/C36H41N3O7/c1-24-31(26-15-8-4-9-16-26)45-35(44)29-27-18-19-36(46-27)30(29)33(42)39(21-12-22-40)32(36)34(43)38(23-25-13-6-3-7-14-25)20-11-5-10-17-28(41)37(24)2/h3-9,11,13-16,18-19,24,27,29-32,40H,10,12,17,20-23H2,1-2H3/b11-5-/t24-,27+,29-,30-,31+,32+,36-/m1/s1. The minimum Gasteiger partial charge on any atom is -0.455 e. The van der Waals surface area contributed by atoms with Crippen LogP contribution in [0.2, 0.25) is 0 Å². The zero-order chi connectivity index (χ0) is 32.4. The summed E-state index contributed by atoms with van der Waals surface area (Å²) in [5, 5.41) is 9.70. The quantitative estimate of drug-likeness (QED) is 0.387. The van der Waals surface area contributed by atoms with E-state index in [2.05, 4.69) is 0 Å². The molecule has 46 heavy (non-hydrogen) atoms. The minimum absolute atomic E-state index is 0.102. The number of cyclic esters (lactones) is 1. The Bertz CT molecular complexity index is 1510. The van der Waals surface area contributed by atoms with Crippen molar-refractivity contribution in [3.8, 4) is 0 Å². The number of nitrogens with zero attached hydrogens (tertiary/aromatic N) is 3. The molecule has 0 unspecified atom stereocenters. The van der Waals surface area contributed by atoms with Gasteiger partial charge >= 0.3 is 5.97 Å². The second-order valence-electron chi connectivity index (χ2n) is 12.5. The maximum absolute atomic E-state index is 14.6. The molecule has 10 heteroatoms. The van der Waals surface area contributed by atoms with Gasteiger partial charge in [0.25, 0.3) is 0 Å². The van der Waals surface area contributed by atoms with E-state index in [1.165, 1.54) is 4.90 Å². The highest BCUT2D eigenvalue weighted by Gasteiger charge is 2.73. The number of carbonyl (C=O) groups is 4. The van der Waals surface area contributed by atoms with Gasteiger partial charge in [-0.3, -0.25) is 19.2 Å². The molecule has 3 amide bonds. The Morgan fingerprint density at radius 1 is 0.957 bits per heavy atom. The summed E-state index contributed by atoms with van der Waals surface area (Å²) in [6, 6.07) is 17.3. The lowest BCUT2D eigenvalue weighted by molar-refractivity contribution is -0.164. The molecule has 5 bridgehead atoms. The summed E-state index contributed by atoms with van der Waals surface area (Å²) in [5.41, 5.74) is 0.287. The Morgan fingerprint density at radius 3 is 2.39 bits per heavy atom. The Balaban J connectivity index is 1.42. The topological polar surface area (TPSA) is 117 Å². The number of hydrogen-bond donors (Lipinski definition) is 1. The maximum Gasteiger partial charge on any atom is 0.313 e. The van der Waals surface area contributed by atoms with Crippen molar-refractivity contribution in [2.24, 2.45) is 11.8 Å². The summed E-state index contributed by atoms with van der Waals surface area (Å²) in [6.07, 6.45) is 6.75.